The Morgan fingerprint density at radius 3 is 2.46 bits per heavy atom. The molecule has 4 nitrogen and oxygen atoms in total. The van der Waals surface area contributed by atoms with Crippen LogP contribution in [0, 0.1) is 17.1 Å². The Balaban J connectivity index is 2.23. The Hall–Kier alpha value is -2.72. The molecular weight excluding hydrogens is 391 g/mol. The van der Waals surface area contributed by atoms with E-state index in [9.17, 15) is 4.39 Å². The van der Waals surface area contributed by atoms with Crippen molar-refractivity contribution in [1.29, 1.82) is 5.26 Å². The van der Waals surface area contributed by atoms with Crippen LogP contribution >= 0.6 is 11.6 Å². The van der Waals surface area contributed by atoms with E-state index in [0.29, 0.717) is 21.7 Å². The molecule has 8 heteroatoms. The Kier molecular flexibility index (Phi) is 4.59. The van der Waals surface area contributed by atoms with Gasteiger partial charge < -0.3 is 10.5 Å². The van der Waals surface area contributed by atoms with Crippen molar-refractivity contribution in [3.05, 3.63) is 58.4 Å². The van der Waals surface area contributed by atoms with Crippen molar-refractivity contribution in [2.45, 2.75) is 37.8 Å². The van der Waals surface area contributed by atoms with Crippen LogP contribution in [-0.2, 0) is 10.3 Å². The lowest BCUT2D eigenvalue weighted by Gasteiger charge is -2.47. The van der Waals surface area contributed by atoms with E-state index >= 15 is 8.78 Å². The van der Waals surface area contributed by atoms with E-state index in [4.69, 9.17) is 27.3 Å². The van der Waals surface area contributed by atoms with Gasteiger partial charge in [-0.05, 0) is 56.7 Å². The third-order valence-corrected chi connectivity index (χ3v) is 5.28. The van der Waals surface area contributed by atoms with Crippen LogP contribution in [0.15, 0.2) is 41.4 Å². The molecule has 2 aromatic carbocycles. The van der Waals surface area contributed by atoms with E-state index < -0.39 is 28.9 Å². The minimum Gasteiger partial charge on any atom is -0.448 e. The zero-order chi connectivity index (χ0) is 20.9. The number of rotatable bonds is 2. The molecule has 0 aliphatic carbocycles. The van der Waals surface area contributed by atoms with Crippen molar-refractivity contribution < 1.29 is 17.9 Å². The van der Waals surface area contributed by atoms with Crippen LogP contribution in [0.25, 0.3) is 11.1 Å². The van der Waals surface area contributed by atoms with Crippen LogP contribution in [0.5, 0.6) is 0 Å². The van der Waals surface area contributed by atoms with Gasteiger partial charge in [-0.2, -0.15) is 14.0 Å². The molecule has 0 amide bonds. The fraction of sp³-hybridized carbons (Fsp3) is 0.300. The monoisotopic (exact) mass is 407 g/mol. The molecule has 1 aliphatic heterocycles. The van der Waals surface area contributed by atoms with Crippen molar-refractivity contribution in [1.82, 2.24) is 0 Å². The number of hydrogen-bond donors (Lipinski definition) is 1. The van der Waals surface area contributed by atoms with Crippen LogP contribution in [0.2, 0.25) is 5.02 Å². The number of nitrogens with zero attached hydrogens (tertiary/aromatic N) is 2. The van der Waals surface area contributed by atoms with Gasteiger partial charge in [0.25, 0.3) is 6.02 Å². The molecule has 2 N–H and O–H groups in total. The fourth-order valence-electron chi connectivity index (χ4n) is 3.32. The van der Waals surface area contributed by atoms with Gasteiger partial charge in [0.05, 0.1) is 11.6 Å². The zero-order valence-corrected chi connectivity index (χ0v) is 16.1. The number of nitrogens with two attached hydrogens (primary N) is 1. The van der Waals surface area contributed by atoms with Crippen LogP contribution in [-0.4, -0.2) is 17.5 Å². The maximum Gasteiger partial charge on any atom is 0.315 e. The first kappa shape index (κ1) is 20.0. The average molecular weight is 408 g/mol. The molecule has 0 unspecified atom stereocenters. The minimum atomic E-state index is -3.58. The van der Waals surface area contributed by atoms with E-state index in [1.807, 2.05) is 6.07 Å². The van der Waals surface area contributed by atoms with Crippen molar-refractivity contribution in [2.24, 2.45) is 10.7 Å². The number of hydrogen-bond acceptors (Lipinski definition) is 4. The van der Waals surface area contributed by atoms with Gasteiger partial charge in [-0.1, -0.05) is 17.7 Å². The topological polar surface area (TPSA) is 71.4 Å². The third kappa shape index (κ3) is 2.89. The van der Waals surface area contributed by atoms with Gasteiger partial charge in [-0.3, -0.25) is 0 Å². The van der Waals surface area contributed by atoms with Gasteiger partial charge >= 0.3 is 5.92 Å². The molecular formula is C20H17ClF3N3O. The summed E-state index contributed by atoms with van der Waals surface area (Å²) in [6.07, 6.45) is 0. The van der Waals surface area contributed by atoms with Gasteiger partial charge in [0, 0.05) is 16.1 Å². The highest BCUT2D eigenvalue weighted by molar-refractivity contribution is 6.33. The molecule has 146 valence electrons. The van der Waals surface area contributed by atoms with E-state index in [1.165, 1.54) is 44.2 Å². The second-order valence-electron chi connectivity index (χ2n) is 7.22. The smallest absolute Gasteiger partial charge is 0.315 e. The number of benzene rings is 2. The number of nitriles is 1. The summed E-state index contributed by atoms with van der Waals surface area (Å²) in [6, 6.07) is 9.76. The van der Waals surface area contributed by atoms with Gasteiger partial charge in [0.15, 0.2) is 0 Å². The van der Waals surface area contributed by atoms with Crippen molar-refractivity contribution in [2.75, 3.05) is 0 Å². The number of aliphatic imine (C=N–C) groups is 1. The second kappa shape index (κ2) is 6.42. The number of amidine groups is 1. The molecule has 1 heterocycles. The first-order valence-electron chi connectivity index (χ1n) is 8.35. The second-order valence-corrected chi connectivity index (χ2v) is 7.63. The lowest BCUT2D eigenvalue weighted by Crippen LogP contribution is -2.62. The molecule has 0 radical (unpaired) electrons. The SMILES string of the molecule is CC1(C)N=C(N)O[C@](C)(c2cc(-c3cc(C#N)ccc3Cl)ccc2F)C1(F)F. The molecule has 0 saturated carbocycles. The maximum absolute atomic E-state index is 15.3. The summed E-state index contributed by atoms with van der Waals surface area (Å²) < 4.78 is 50.5. The molecule has 0 aromatic heterocycles. The molecule has 2 aromatic rings. The molecule has 0 spiro atoms. The number of halogens is 4. The molecule has 3 rings (SSSR count). The minimum absolute atomic E-state index is 0.291. The summed E-state index contributed by atoms with van der Waals surface area (Å²) in [4.78, 5) is 3.68. The first-order chi connectivity index (χ1) is 12.9. The Morgan fingerprint density at radius 1 is 1.14 bits per heavy atom. The Labute approximate surface area is 165 Å². The Morgan fingerprint density at radius 2 is 1.82 bits per heavy atom. The Bertz CT molecular complexity index is 1030. The molecule has 0 bridgehead atoms. The van der Waals surface area contributed by atoms with Gasteiger partial charge in [0.2, 0.25) is 5.60 Å². The van der Waals surface area contributed by atoms with E-state index in [2.05, 4.69) is 4.99 Å². The normalized spacial score (nSPS) is 22.7. The van der Waals surface area contributed by atoms with Gasteiger partial charge in [0.1, 0.15) is 11.4 Å². The molecule has 1 atom stereocenters. The zero-order valence-electron chi connectivity index (χ0n) is 15.4. The lowest BCUT2D eigenvalue weighted by atomic mass is 9.77. The van der Waals surface area contributed by atoms with Crippen LogP contribution in [0.4, 0.5) is 13.2 Å². The molecule has 28 heavy (non-hydrogen) atoms. The van der Waals surface area contributed by atoms with Crippen molar-refractivity contribution in [3.8, 4) is 17.2 Å². The van der Waals surface area contributed by atoms with Crippen molar-refractivity contribution >= 4 is 17.6 Å². The lowest BCUT2D eigenvalue weighted by molar-refractivity contribution is -0.215. The highest BCUT2D eigenvalue weighted by Gasteiger charge is 2.66. The molecule has 0 saturated heterocycles. The van der Waals surface area contributed by atoms with Crippen LogP contribution in [0.3, 0.4) is 0 Å². The van der Waals surface area contributed by atoms with E-state index in [1.54, 1.807) is 0 Å². The summed E-state index contributed by atoms with van der Waals surface area (Å²) in [5.41, 5.74) is 2.01. The number of alkyl halides is 2. The molecule has 1 aliphatic rings. The van der Waals surface area contributed by atoms with E-state index in [-0.39, 0.29) is 5.56 Å². The summed E-state index contributed by atoms with van der Waals surface area (Å²) in [5, 5.41) is 9.39. The van der Waals surface area contributed by atoms with Crippen molar-refractivity contribution in [3.63, 3.8) is 0 Å². The van der Waals surface area contributed by atoms with E-state index in [0.717, 1.165) is 13.0 Å². The first-order valence-corrected chi connectivity index (χ1v) is 8.73. The highest BCUT2D eigenvalue weighted by atomic mass is 35.5. The van der Waals surface area contributed by atoms with Crippen LogP contribution < -0.4 is 5.73 Å². The maximum atomic E-state index is 15.3. The van der Waals surface area contributed by atoms with Gasteiger partial charge in [-0.25, -0.2) is 9.38 Å². The predicted octanol–water partition coefficient (Wildman–Crippen LogP) is 4.99. The average Bonchev–Trinajstić information content (AvgIpc) is 2.60. The highest BCUT2D eigenvalue weighted by Crippen LogP contribution is 2.52. The summed E-state index contributed by atoms with van der Waals surface area (Å²) in [5.74, 6) is -4.47. The van der Waals surface area contributed by atoms with Gasteiger partial charge in [-0.15, -0.1) is 0 Å². The quantitative estimate of drug-likeness (QED) is 0.762. The summed E-state index contributed by atoms with van der Waals surface area (Å²) in [6.45, 7) is 3.48. The largest absolute Gasteiger partial charge is 0.448 e. The summed E-state index contributed by atoms with van der Waals surface area (Å²) >= 11 is 6.20. The number of ether oxygens (including phenoxy) is 1. The third-order valence-electron chi connectivity index (χ3n) is 4.95. The standard InChI is InChI=1S/C20H17ClF3N3O/c1-18(2)20(23,24)19(3,28-17(26)27-18)14-9-12(5-7-16(14)22)13-8-11(10-25)4-6-15(13)21/h4-9H,1-3H3,(H2,26,27)/t19-/m1/s1. The fourth-order valence-corrected chi connectivity index (χ4v) is 3.55. The predicted molar refractivity (Wildman–Crippen MR) is 101 cm³/mol. The summed E-state index contributed by atoms with van der Waals surface area (Å²) in [7, 11) is 0. The molecule has 0 fully saturated rings. The van der Waals surface area contributed by atoms with Crippen LogP contribution in [0.1, 0.15) is 31.9 Å².